The number of tetrazole rings is 1. The molecule has 0 bridgehead atoms. The number of fused-ring (bicyclic) bond motifs is 1. The summed E-state index contributed by atoms with van der Waals surface area (Å²) < 4.78 is 3.32. The lowest BCUT2D eigenvalue weighted by atomic mass is 10.1. The summed E-state index contributed by atoms with van der Waals surface area (Å²) in [5.41, 5.74) is 4.37. The minimum absolute atomic E-state index is 0.0778. The van der Waals surface area contributed by atoms with Crippen LogP contribution in [0.2, 0.25) is 0 Å². The molecular formula is C21H22N6OS. The highest BCUT2D eigenvalue weighted by molar-refractivity contribution is 7.98. The lowest BCUT2D eigenvalue weighted by Crippen LogP contribution is -2.17. The summed E-state index contributed by atoms with van der Waals surface area (Å²) in [7, 11) is 0. The summed E-state index contributed by atoms with van der Waals surface area (Å²) >= 11 is 1.46. The molecule has 148 valence electrons. The van der Waals surface area contributed by atoms with Crippen LogP contribution in [0.4, 0.5) is 0 Å². The number of hydrogen-bond acceptors (Lipinski definition) is 6. The van der Waals surface area contributed by atoms with Gasteiger partial charge in [-0.25, -0.2) is 4.98 Å². The number of aromatic nitrogens is 6. The molecule has 0 atom stereocenters. The first kappa shape index (κ1) is 19.3. The molecule has 8 heteroatoms. The van der Waals surface area contributed by atoms with Gasteiger partial charge in [0.05, 0.1) is 11.4 Å². The van der Waals surface area contributed by atoms with Crippen molar-refractivity contribution < 1.29 is 0 Å². The van der Waals surface area contributed by atoms with Gasteiger partial charge in [0.1, 0.15) is 5.65 Å². The van der Waals surface area contributed by atoms with Crippen LogP contribution in [-0.4, -0.2) is 29.6 Å². The number of aryl methyl sites for hydroxylation is 2. The first-order chi connectivity index (χ1) is 14.2. The lowest BCUT2D eigenvalue weighted by molar-refractivity contribution is 0.753. The van der Waals surface area contributed by atoms with Gasteiger partial charge in [-0.1, -0.05) is 43.3 Å². The van der Waals surface area contributed by atoms with Crippen molar-refractivity contribution in [2.24, 2.45) is 0 Å². The summed E-state index contributed by atoms with van der Waals surface area (Å²) in [5, 5.41) is 12.7. The van der Waals surface area contributed by atoms with Gasteiger partial charge in [-0.3, -0.25) is 9.20 Å². The van der Waals surface area contributed by atoms with Crippen LogP contribution in [0.15, 0.2) is 58.5 Å². The fraction of sp³-hybridized carbons (Fsp3) is 0.286. The molecule has 4 aromatic rings. The number of benzene rings is 1. The van der Waals surface area contributed by atoms with Gasteiger partial charge in [0.25, 0.3) is 5.56 Å². The SMILES string of the molecule is CCCCc1ccc(-n2nnnc2SCc2cc(=O)n3c(C)cccc3n2)cc1. The molecule has 3 aromatic heterocycles. The topological polar surface area (TPSA) is 78.0 Å². The van der Waals surface area contributed by atoms with Crippen LogP contribution in [0.5, 0.6) is 0 Å². The van der Waals surface area contributed by atoms with Gasteiger partial charge < -0.3 is 0 Å². The van der Waals surface area contributed by atoms with Crippen molar-refractivity contribution >= 4 is 17.4 Å². The van der Waals surface area contributed by atoms with E-state index in [4.69, 9.17) is 0 Å². The quantitative estimate of drug-likeness (QED) is 0.436. The zero-order valence-electron chi connectivity index (χ0n) is 16.4. The van der Waals surface area contributed by atoms with Gasteiger partial charge in [0.15, 0.2) is 0 Å². The van der Waals surface area contributed by atoms with Gasteiger partial charge >= 0.3 is 0 Å². The Balaban J connectivity index is 1.53. The molecular weight excluding hydrogens is 384 g/mol. The molecule has 0 N–H and O–H groups in total. The third-order valence-corrected chi connectivity index (χ3v) is 5.68. The van der Waals surface area contributed by atoms with Gasteiger partial charge in [-0.15, -0.1) is 5.10 Å². The second-order valence-electron chi connectivity index (χ2n) is 6.88. The van der Waals surface area contributed by atoms with Crippen molar-refractivity contribution in [1.29, 1.82) is 0 Å². The fourth-order valence-corrected chi connectivity index (χ4v) is 3.98. The van der Waals surface area contributed by atoms with E-state index < -0.39 is 0 Å². The maximum Gasteiger partial charge on any atom is 0.258 e. The van der Waals surface area contributed by atoms with Gasteiger partial charge in [-0.05, 0) is 60.0 Å². The molecule has 0 saturated heterocycles. The second-order valence-corrected chi connectivity index (χ2v) is 7.82. The molecule has 29 heavy (non-hydrogen) atoms. The van der Waals surface area contributed by atoms with Crippen molar-refractivity contribution in [2.75, 3.05) is 0 Å². The summed E-state index contributed by atoms with van der Waals surface area (Å²) in [6, 6.07) is 15.5. The van der Waals surface area contributed by atoms with Gasteiger partial charge in [0, 0.05) is 17.5 Å². The van der Waals surface area contributed by atoms with Crippen LogP contribution >= 0.6 is 11.8 Å². The van der Waals surface area contributed by atoms with Gasteiger partial charge in [-0.2, -0.15) is 4.68 Å². The van der Waals surface area contributed by atoms with Crippen LogP contribution < -0.4 is 5.56 Å². The van der Waals surface area contributed by atoms with E-state index in [2.05, 4.69) is 39.6 Å². The summed E-state index contributed by atoms with van der Waals surface area (Å²) in [4.78, 5) is 17.0. The van der Waals surface area contributed by atoms with Crippen molar-refractivity contribution in [3.63, 3.8) is 0 Å². The minimum Gasteiger partial charge on any atom is -0.269 e. The Kier molecular flexibility index (Phi) is 5.71. The first-order valence-electron chi connectivity index (χ1n) is 9.64. The van der Waals surface area contributed by atoms with E-state index in [-0.39, 0.29) is 5.56 Å². The van der Waals surface area contributed by atoms with E-state index in [0.717, 1.165) is 17.8 Å². The third kappa shape index (κ3) is 4.22. The van der Waals surface area contributed by atoms with Crippen LogP contribution in [0.25, 0.3) is 11.3 Å². The Morgan fingerprint density at radius 3 is 2.72 bits per heavy atom. The number of thioether (sulfide) groups is 1. The van der Waals surface area contributed by atoms with E-state index in [1.165, 1.54) is 30.2 Å². The largest absolute Gasteiger partial charge is 0.269 e. The zero-order valence-corrected chi connectivity index (χ0v) is 17.3. The average molecular weight is 407 g/mol. The standard InChI is InChI=1S/C21H22N6OS/c1-3-4-7-16-9-11-18(12-10-16)27-21(23-24-25-27)29-14-17-13-20(28)26-15(2)6-5-8-19(26)22-17/h5-6,8-13H,3-4,7,14H2,1-2H3. The number of unbranched alkanes of at least 4 members (excludes halogenated alkanes) is 1. The highest BCUT2D eigenvalue weighted by Crippen LogP contribution is 2.22. The van der Waals surface area contributed by atoms with Crippen molar-refractivity contribution in [1.82, 2.24) is 29.6 Å². The molecule has 7 nitrogen and oxygen atoms in total. The Bertz CT molecular complexity index is 1180. The maximum atomic E-state index is 12.4. The normalized spacial score (nSPS) is 11.2. The molecule has 0 spiro atoms. The average Bonchev–Trinajstić information content (AvgIpc) is 3.19. The molecule has 0 aliphatic carbocycles. The van der Waals surface area contributed by atoms with Gasteiger partial charge in [0.2, 0.25) is 5.16 Å². The summed E-state index contributed by atoms with van der Waals surface area (Å²) in [6.07, 6.45) is 3.45. The van der Waals surface area contributed by atoms with E-state index in [1.54, 1.807) is 15.1 Å². The molecule has 0 fully saturated rings. The van der Waals surface area contributed by atoms with Crippen LogP contribution in [0.3, 0.4) is 0 Å². The highest BCUT2D eigenvalue weighted by Gasteiger charge is 2.11. The van der Waals surface area contributed by atoms with E-state index in [1.807, 2.05) is 37.3 Å². The van der Waals surface area contributed by atoms with E-state index >= 15 is 0 Å². The monoisotopic (exact) mass is 406 g/mol. The summed E-state index contributed by atoms with van der Waals surface area (Å²) in [6.45, 7) is 4.09. The maximum absolute atomic E-state index is 12.4. The lowest BCUT2D eigenvalue weighted by Gasteiger charge is -2.07. The van der Waals surface area contributed by atoms with E-state index in [0.29, 0.717) is 22.3 Å². The minimum atomic E-state index is -0.0778. The first-order valence-corrected chi connectivity index (χ1v) is 10.6. The molecule has 0 amide bonds. The smallest absolute Gasteiger partial charge is 0.258 e. The molecule has 0 saturated carbocycles. The number of pyridine rings is 1. The Hall–Kier alpha value is -3.00. The van der Waals surface area contributed by atoms with Crippen molar-refractivity contribution in [3.8, 4) is 5.69 Å². The second kappa shape index (κ2) is 8.57. The zero-order chi connectivity index (χ0) is 20.2. The Morgan fingerprint density at radius 2 is 1.93 bits per heavy atom. The molecule has 0 radical (unpaired) electrons. The fourth-order valence-electron chi connectivity index (χ4n) is 3.19. The molecule has 4 rings (SSSR count). The molecule has 1 aromatic carbocycles. The van der Waals surface area contributed by atoms with Crippen molar-refractivity contribution in [2.45, 2.75) is 44.0 Å². The Morgan fingerprint density at radius 1 is 1.10 bits per heavy atom. The predicted molar refractivity (Wildman–Crippen MR) is 114 cm³/mol. The molecule has 3 heterocycles. The number of nitrogens with zero attached hydrogens (tertiary/aromatic N) is 6. The predicted octanol–water partition coefficient (Wildman–Crippen LogP) is 3.61. The highest BCUT2D eigenvalue weighted by atomic mass is 32.2. The number of hydrogen-bond donors (Lipinski definition) is 0. The number of rotatable bonds is 7. The summed E-state index contributed by atoms with van der Waals surface area (Å²) in [5.74, 6) is 0.509. The van der Waals surface area contributed by atoms with Crippen LogP contribution in [0.1, 0.15) is 36.7 Å². The molecule has 0 unspecified atom stereocenters. The molecule has 0 aliphatic heterocycles. The molecule has 0 aliphatic rings. The van der Waals surface area contributed by atoms with Crippen LogP contribution in [0, 0.1) is 6.92 Å². The van der Waals surface area contributed by atoms with Crippen LogP contribution in [-0.2, 0) is 12.2 Å². The van der Waals surface area contributed by atoms with E-state index in [9.17, 15) is 4.79 Å². The Labute approximate surface area is 172 Å². The third-order valence-electron chi connectivity index (χ3n) is 4.72. The van der Waals surface area contributed by atoms with Crippen molar-refractivity contribution in [3.05, 3.63) is 75.8 Å².